The van der Waals surface area contributed by atoms with Gasteiger partial charge in [-0.15, -0.1) is 0 Å². The highest BCUT2D eigenvalue weighted by Gasteiger charge is 2.07. The van der Waals surface area contributed by atoms with Gasteiger partial charge in [-0.2, -0.15) is 0 Å². The zero-order valence-corrected chi connectivity index (χ0v) is 7.89. The SMILES string of the molecule is OCc1ccc(F)c(-c2ccncc2)n1. The van der Waals surface area contributed by atoms with Crippen LogP contribution in [0, 0.1) is 5.82 Å². The maximum atomic E-state index is 13.4. The van der Waals surface area contributed by atoms with Crippen molar-refractivity contribution in [2.24, 2.45) is 0 Å². The van der Waals surface area contributed by atoms with Gasteiger partial charge in [-0.25, -0.2) is 9.37 Å². The lowest BCUT2D eigenvalue weighted by atomic mass is 10.1. The van der Waals surface area contributed by atoms with Crippen molar-refractivity contribution in [1.82, 2.24) is 9.97 Å². The Labute approximate surface area is 86.3 Å². The van der Waals surface area contributed by atoms with Gasteiger partial charge in [0.1, 0.15) is 11.5 Å². The van der Waals surface area contributed by atoms with Crippen LogP contribution in [0.1, 0.15) is 5.69 Å². The van der Waals surface area contributed by atoms with Crippen molar-refractivity contribution in [2.45, 2.75) is 6.61 Å². The van der Waals surface area contributed by atoms with Crippen LogP contribution in [0.5, 0.6) is 0 Å². The van der Waals surface area contributed by atoms with E-state index in [1.54, 1.807) is 24.5 Å². The molecule has 0 spiro atoms. The fourth-order valence-electron chi connectivity index (χ4n) is 1.28. The lowest BCUT2D eigenvalue weighted by molar-refractivity contribution is 0.276. The number of aliphatic hydroxyl groups excluding tert-OH is 1. The van der Waals surface area contributed by atoms with E-state index in [0.29, 0.717) is 11.3 Å². The molecule has 2 aromatic heterocycles. The average molecular weight is 204 g/mol. The number of pyridine rings is 2. The second-order valence-electron chi connectivity index (χ2n) is 3.03. The van der Waals surface area contributed by atoms with Gasteiger partial charge in [0.05, 0.1) is 12.3 Å². The van der Waals surface area contributed by atoms with Gasteiger partial charge in [0.2, 0.25) is 0 Å². The summed E-state index contributed by atoms with van der Waals surface area (Å²) in [4.78, 5) is 7.85. The summed E-state index contributed by atoms with van der Waals surface area (Å²) in [7, 11) is 0. The highest BCUT2D eigenvalue weighted by atomic mass is 19.1. The maximum absolute atomic E-state index is 13.4. The van der Waals surface area contributed by atoms with Gasteiger partial charge in [0.15, 0.2) is 0 Å². The number of aliphatic hydroxyl groups is 1. The van der Waals surface area contributed by atoms with Crippen LogP contribution in [0.25, 0.3) is 11.3 Å². The van der Waals surface area contributed by atoms with E-state index in [1.807, 2.05) is 0 Å². The molecular weight excluding hydrogens is 195 g/mol. The third kappa shape index (κ3) is 1.99. The van der Waals surface area contributed by atoms with Crippen LogP contribution in [0.3, 0.4) is 0 Å². The van der Waals surface area contributed by atoms with E-state index in [-0.39, 0.29) is 12.3 Å². The monoisotopic (exact) mass is 204 g/mol. The number of rotatable bonds is 2. The first-order chi connectivity index (χ1) is 7.31. The Kier molecular flexibility index (Phi) is 2.69. The van der Waals surface area contributed by atoms with E-state index >= 15 is 0 Å². The van der Waals surface area contributed by atoms with Gasteiger partial charge in [-0.1, -0.05) is 0 Å². The summed E-state index contributed by atoms with van der Waals surface area (Å²) in [5.74, 6) is -0.404. The van der Waals surface area contributed by atoms with E-state index in [1.165, 1.54) is 12.1 Å². The Morgan fingerprint density at radius 1 is 1.13 bits per heavy atom. The largest absolute Gasteiger partial charge is 0.390 e. The summed E-state index contributed by atoms with van der Waals surface area (Å²) in [6, 6.07) is 6.10. The zero-order valence-electron chi connectivity index (χ0n) is 7.89. The summed E-state index contributed by atoms with van der Waals surface area (Å²) in [5.41, 5.74) is 1.34. The molecular formula is C11H9FN2O. The predicted octanol–water partition coefficient (Wildman–Crippen LogP) is 1.77. The molecule has 0 saturated carbocycles. The number of hydrogen-bond acceptors (Lipinski definition) is 3. The third-order valence-electron chi connectivity index (χ3n) is 2.02. The Hall–Kier alpha value is -1.81. The zero-order chi connectivity index (χ0) is 10.7. The first kappa shape index (κ1) is 9.73. The molecule has 15 heavy (non-hydrogen) atoms. The first-order valence-electron chi connectivity index (χ1n) is 4.48. The van der Waals surface area contributed by atoms with E-state index < -0.39 is 5.82 Å². The number of hydrogen-bond donors (Lipinski definition) is 1. The third-order valence-corrected chi connectivity index (χ3v) is 2.02. The molecule has 0 aromatic carbocycles. The van der Waals surface area contributed by atoms with Gasteiger partial charge in [-0.3, -0.25) is 4.98 Å². The van der Waals surface area contributed by atoms with Gasteiger partial charge < -0.3 is 5.11 Å². The second kappa shape index (κ2) is 4.14. The predicted molar refractivity (Wildman–Crippen MR) is 53.3 cm³/mol. The van der Waals surface area contributed by atoms with Crippen LogP contribution in [0.15, 0.2) is 36.7 Å². The molecule has 4 heteroatoms. The molecule has 2 aromatic rings. The molecule has 0 saturated heterocycles. The Morgan fingerprint density at radius 3 is 2.53 bits per heavy atom. The number of aromatic nitrogens is 2. The fourth-order valence-corrected chi connectivity index (χ4v) is 1.28. The molecule has 3 nitrogen and oxygen atoms in total. The van der Waals surface area contributed by atoms with Crippen LogP contribution >= 0.6 is 0 Å². The molecule has 0 aliphatic rings. The van der Waals surface area contributed by atoms with E-state index in [0.717, 1.165) is 0 Å². The highest BCUT2D eigenvalue weighted by Crippen LogP contribution is 2.19. The summed E-state index contributed by atoms with van der Waals surface area (Å²) >= 11 is 0. The van der Waals surface area contributed by atoms with Crippen LogP contribution in [-0.2, 0) is 6.61 Å². The molecule has 0 unspecified atom stereocenters. The minimum absolute atomic E-state index is 0.196. The van der Waals surface area contributed by atoms with Crippen molar-refractivity contribution in [2.75, 3.05) is 0 Å². The van der Waals surface area contributed by atoms with Gasteiger partial charge in [-0.05, 0) is 24.3 Å². The van der Waals surface area contributed by atoms with Crippen LogP contribution in [0.2, 0.25) is 0 Å². The highest BCUT2D eigenvalue weighted by molar-refractivity contribution is 5.58. The molecule has 0 atom stereocenters. The van der Waals surface area contributed by atoms with Gasteiger partial charge in [0.25, 0.3) is 0 Å². The molecule has 0 fully saturated rings. The number of nitrogens with zero attached hydrogens (tertiary/aromatic N) is 2. The van der Waals surface area contributed by atoms with Crippen molar-refractivity contribution in [3.05, 3.63) is 48.2 Å². The smallest absolute Gasteiger partial charge is 0.149 e. The molecule has 0 radical (unpaired) electrons. The number of halogens is 1. The lowest BCUT2D eigenvalue weighted by Crippen LogP contribution is -1.95. The molecule has 2 heterocycles. The Balaban J connectivity index is 2.52. The molecule has 0 aliphatic carbocycles. The summed E-state index contributed by atoms with van der Waals surface area (Å²) in [6.07, 6.45) is 3.14. The van der Waals surface area contributed by atoms with Gasteiger partial charge >= 0.3 is 0 Å². The van der Waals surface area contributed by atoms with Crippen molar-refractivity contribution in [3.63, 3.8) is 0 Å². The molecule has 0 amide bonds. The summed E-state index contributed by atoms with van der Waals surface area (Å²) in [6.45, 7) is -0.196. The fraction of sp³-hybridized carbons (Fsp3) is 0.0909. The first-order valence-corrected chi connectivity index (χ1v) is 4.48. The van der Waals surface area contributed by atoms with E-state index in [4.69, 9.17) is 5.11 Å². The summed E-state index contributed by atoms with van der Waals surface area (Å²) < 4.78 is 13.4. The average Bonchev–Trinajstić information content (AvgIpc) is 2.31. The molecule has 1 N–H and O–H groups in total. The van der Waals surface area contributed by atoms with Crippen LogP contribution in [0.4, 0.5) is 4.39 Å². The van der Waals surface area contributed by atoms with E-state index in [2.05, 4.69) is 9.97 Å². The van der Waals surface area contributed by atoms with Crippen molar-refractivity contribution in [3.8, 4) is 11.3 Å². The summed E-state index contributed by atoms with van der Waals surface area (Å²) in [5, 5.41) is 8.90. The Morgan fingerprint density at radius 2 is 1.87 bits per heavy atom. The van der Waals surface area contributed by atoms with Crippen LogP contribution in [-0.4, -0.2) is 15.1 Å². The van der Waals surface area contributed by atoms with Crippen molar-refractivity contribution in [1.29, 1.82) is 0 Å². The standard InChI is InChI=1S/C11H9FN2O/c12-10-2-1-9(7-15)14-11(10)8-3-5-13-6-4-8/h1-6,15H,7H2. The Bertz CT molecular complexity index is 459. The topological polar surface area (TPSA) is 46.0 Å². The lowest BCUT2D eigenvalue weighted by Gasteiger charge is -2.03. The molecule has 0 bridgehead atoms. The maximum Gasteiger partial charge on any atom is 0.149 e. The minimum Gasteiger partial charge on any atom is -0.390 e. The van der Waals surface area contributed by atoms with Crippen molar-refractivity contribution < 1.29 is 9.50 Å². The quantitative estimate of drug-likeness (QED) is 0.810. The molecule has 0 aliphatic heterocycles. The van der Waals surface area contributed by atoms with Crippen LogP contribution < -0.4 is 0 Å². The minimum atomic E-state index is -0.404. The van der Waals surface area contributed by atoms with Gasteiger partial charge in [0, 0.05) is 18.0 Å². The second-order valence-corrected chi connectivity index (χ2v) is 3.03. The molecule has 2 rings (SSSR count). The molecule has 76 valence electrons. The van der Waals surface area contributed by atoms with Crippen molar-refractivity contribution >= 4 is 0 Å². The van der Waals surface area contributed by atoms with E-state index in [9.17, 15) is 4.39 Å². The normalized spacial score (nSPS) is 10.3.